The van der Waals surface area contributed by atoms with Crippen LogP contribution in [0.1, 0.15) is 74.9 Å². The first-order valence-electron chi connectivity index (χ1n) is 13.2. The molecular weight excluding hydrogens is 583 g/mol. The second kappa shape index (κ2) is 11.4. The fraction of sp³-hybridized carbons (Fsp3) is 0.286. The number of hydrogen-bond acceptors (Lipinski definition) is 0. The van der Waals surface area contributed by atoms with E-state index < -0.39 is 20.8 Å². The Labute approximate surface area is 248 Å². The first-order valence-corrected chi connectivity index (χ1v) is 19.5. The molecule has 0 atom stereocenters. The zero-order valence-corrected chi connectivity index (χ0v) is 27.7. The van der Waals surface area contributed by atoms with Crippen LogP contribution in [-0.2, 0) is 31.7 Å². The predicted octanol–water partition coefficient (Wildman–Crippen LogP) is 11.2. The van der Waals surface area contributed by atoms with Gasteiger partial charge in [-0.15, -0.1) is 0 Å². The van der Waals surface area contributed by atoms with Gasteiger partial charge in [0.1, 0.15) is 0 Å². The first kappa shape index (κ1) is 29.3. The number of benzene rings is 4. The van der Waals surface area contributed by atoms with Gasteiger partial charge in [0.2, 0.25) is 0 Å². The minimum atomic E-state index is -0.826. The number of rotatable bonds is 2. The van der Waals surface area contributed by atoms with Crippen LogP contribution in [0.4, 0.5) is 0 Å². The summed E-state index contributed by atoms with van der Waals surface area (Å²) < 4.78 is 0. The summed E-state index contributed by atoms with van der Waals surface area (Å²) in [5.74, 6) is 0. The summed E-state index contributed by atoms with van der Waals surface area (Å²) >= 11 is -0.826. The van der Waals surface area contributed by atoms with Gasteiger partial charge in [0.05, 0.1) is 0 Å². The summed E-state index contributed by atoms with van der Waals surface area (Å²) in [7, 11) is 9.87. The molecule has 0 aromatic heterocycles. The van der Waals surface area contributed by atoms with Crippen LogP contribution in [0.3, 0.4) is 0 Å². The second-order valence-corrected chi connectivity index (χ2v) is 16.0. The summed E-state index contributed by atoms with van der Waals surface area (Å²) in [6.45, 7) is 18.4. The molecule has 195 valence electrons. The van der Waals surface area contributed by atoms with Crippen LogP contribution in [0.15, 0.2) is 72.8 Å². The molecule has 0 nitrogen and oxygen atoms in total. The van der Waals surface area contributed by atoms with E-state index in [-0.39, 0.29) is 10.8 Å². The molecular formula is C35H37Cl2Zr. The van der Waals surface area contributed by atoms with Crippen LogP contribution in [0, 0.1) is 20.3 Å². The van der Waals surface area contributed by atoms with E-state index >= 15 is 0 Å². The summed E-state index contributed by atoms with van der Waals surface area (Å²) in [4.78, 5) is 0. The van der Waals surface area contributed by atoms with Crippen LogP contribution in [0.2, 0.25) is 0 Å². The Hall–Kier alpha value is -1.66. The quantitative estimate of drug-likeness (QED) is 0.184. The Bertz CT molecular complexity index is 1360. The van der Waals surface area contributed by atoms with Crippen molar-refractivity contribution < 1.29 is 20.8 Å². The summed E-state index contributed by atoms with van der Waals surface area (Å²) in [6.07, 6.45) is 2.40. The van der Waals surface area contributed by atoms with Gasteiger partial charge in [-0.05, 0) is 116 Å². The van der Waals surface area contributed by atoms with E-state index in [2.05, 4.69) is 135 Å². The van der Waals surface area contributed by atoms with Gasteiger partial charge < -0.3 is 0 Å². The summed E-state index contributed by atoms with van der Waals surface area (Å²) in [5, 5.41) is 0. The van der Waals surface area contributed by atoms with E-state index in [9.17, 15) is 0 Å². The topological polar surface area (TPSA) is 0 Å². The predicted molar refractivity (Wildman–Crippen MR) is 164 cm³/mol. The van der Waals surface area contributed by atoms with E-state index in [1.165, 1.54) is 66.8 Å². The van der Waals surface area contributed by atoms with E-state index in [1.807, 2.05) is 0 Å². The third kappa shape index (κ3) is 5.91. The Kier molecular flexibility index (Phi) is 8.84. The Balaban J connectivity index is 0.00000107. The van der Waals surface area contributed by atoms with Crippen molar-refractivity contribution in [3.63, 3.8) is 0 Å². The van der Waals surface area contributed by atoms with Gasteiger partial charge >= 0.3 is 37.9 Å². The zero-order valence-electron chi connectivity index (χ0n) is 23.8. The monoisotopic (exact) mass is 617 g/mol. The molecule has 0 unspecified atom stereocenters. The molecule has 1 aliphatic rings. The van der Waals surface area contributed by atoms with Crippen molar-refractivity contribution in [2.24, 2.45) is 0 Å². The van der Waals surface area contributed by atoms with Crippen LogP contribution in [0.5, 0.6) is 0 Å². The van der Waals surface area contributed by atoms with Crippen molar-refractivity contribution in [2.75, 3.05) is 0 Å². The molecule has 0 saturated carbocycles. The summed E-state index contributed by atoms with van der Waals surface area (Å²) in [5.41, 5.74) is 16.3. The average Bonchev–Trinajstić information content (AvgIpc) is 3.19. The Morgan fingerprint density at radius 1 is 0.500 bits per heavy atom. The summed E-state index contributed by atoms with van der Waals surface area (Å²) in [6, 6.07) is 27.4. The maximum atomic E-state index is 4.93. The van der Waals surface area contributed by atoms with Gasteiger partial charge in [-0.2, -0.15) is 0 Å². The SMILES string of the molecule is Cc1ccccc1-c1cc2c(cc1C(C)(C)C)-c1cc(C(C)(C)C)c(-c3ccccc3C)cc1[CH]2.[Cl][Zr][Cl]. The number of fused-ring (bicyclic) bond motifs is 3. The third-order valence-corrected chi connectivity index (χ3v) is 7.47. The van der Waals surface area contributed by atoms with E-state index in [4.69, 9.17) is 17.0 Å². The van der Waals surface area contributed by atoms with E-state index in [1.54, 1.807) is 0 Å². The fourth-order valence-electron chi connectivity index (χ4n) is 5.54. The molecule has 0 aliphatic heterocycles. The normalized spacial score (nSPS) is 12.4. The Morgan fingerprint density at radius 2 is 0.842 bits per heavy atom. The van der Waals surface area contributed by atoms with Crippen molar-refractivity contribution in [2.45, 2.75) is 66.2 Å². The molecule has 0 bridgehead atoms. The molecule has 4 aromatic carbocycles. The van der Waals surface area contributed by atoms with Gasteiger partial charge in [-0.3, -0.25) is 0 Å². The minimum absolute atomic E-state index is 0.0450. The molecule has 3 heteroatoms. The average molecular weight is 620 g/mol. The molecule has 1 radical (unpaired) electrons. The molecule has 1 aliphatic carbocycles. The molecule has 5 rings (SSSR count). The van der Waals surface area contributed by atoms with Gasteiger partial charge in [0.15, 0.2) is 0 Å². The molecule has 0 spiro atoms. The molecule has 0 saturated heterocycles. The van der Waals surface area contributed by atoms with E-state index in [0.29, 0.717) is 0 Å². The number of halogens is 2. The first-order chi connectivity index (χ1) is 17.9. The standard InChI is InChI=1S/C35H37.2ClH.Zr/c1-22-13-9-11-15-26(22)30-18-24-17-25-19-31(27-16-12-10-14-23(27)2)33(35(6,7)8)21-29(25)28(24)20-32(30)34(3,4)5;;;/h9-21H,1-8H3;2*1H;/q;;;+2/p-2. The number of aryl methyl sites for hydroxylation is 2. The van der Waals surface area contributed by atoms with Gasteiger partial charge in [0.25, 0.3) is 0 Å². The number of hydrogen-bond donors (Lipinski definition) is 0. The zero-order chi connectivity index (χ0) is 27.8. The van der Waals surface area contributed by atoms with Crippen molar-refractivity contribution in [3.8, 4) is 33.4 Å². The molecule has 0 fully saturated rings. The molecule has 0 amide bonds. The van der Waals surface area contributed by atoms with Crippen LogP contribution >= 0.6 is 17.0 Å². The van der Waals surface area contributed by atoms with Gasteiger partial charge in [-0.1, -0.05) is 90.1 Å². The third-order valence-electron chi connectivity index (χ3n) is 7.47. The second-order valence-electron chi connectivity index (χ2n) is 12.3. The van der Waals surface area contributed by atoms with Crippen molar-refractivity contribution >= 4 is 17.0 Å². The van der Waals surface area contributed by atoms with Crippen LogP contribution < -0.4 is 0 Å². The van der Waals surface area contributed by atoms with Crippen molar-refractivity contribution in [1.29, 1.82) is 0 Å². The Morgan fingerprint density at radius 3 is 1.16 bits per heavy atom. The molecule has 0 N–H and O–H groups in total. The van der Waals surface area contributed by atoms with Gasteiger partial charge in [-0.25, -0.2) is 0 Å². The molecule has 38 heavy (non-hydrogen) atoms. The van der Waals surface area contributed by atoms with Crippen molar-refractivity contribution in [3.05, 3.63) is 113 Å². The van der Waals surface area contributed by atoms with Crippen LogP contribution in [0.25, 0.3) is 33.4 Å². The van der Waals surface area contributed by atoms with E-state index in [0.717, 1.165) is 0 Å². The fourth-order valence-corrected chi connectivity index (χ4v) is 5.54. The van der Waals surface area contributed by atoms with Gasteiger partial charge in [0, 0.05) is 6.42 Å². The molecule has 0 heterocycles. The molecule has 4 aromatic rings. The van der Waals surface area contributed by atoms with Crippen LogP contribution in [-0.4, -0.2) is 0 Å². The van der Waals surface area contributed by atoms with Crippen molar-refractivity contribution in [1.82, 2.24) is 0 Å². The maximum absolute atomic E-state index is 4.93.